The zero-order chi connectivity index (χ0) is 15.7. The van der Waals surface area contributed by atoms with Crippen LogP contribution >= 0.6 is 0 Å². The lowest BCUT2D eigenvalue weighted by molar-refractivity contribution is 0.104. The number of hydrogen-bond donors (Lipinski definition) is 0. The van der Waals surface area contributed by atoms with E-state index in [1.54, 1.807) is 35.2 Å². The van der Waals surface area contributed by atoms with Crippen molar-refractivity contribution in [3.63, 3.8) is 0 Å². The first-order chi connectivity index (χ1) is 10.4. The number of nitrogens with zero attached hydrogens (tertiary/aromatic N) is 3. The van der Waals surface area contributed by atoms with Crippen molar-refractivity contribution in [1.82, 2.24) is 15.0 Å². The van der Waals surface area contributed by atoms with E-state index in [1.807, 2.05) is 20.8 Å². The van der Waals surface area contributed by atoms with Gasteiger partial charge in [-0.1, -0.05) is 11.3 Å². The van der Waals surface area contributed by atoms with Crippen LogP contribution in [0.15, 0.2) is 30.5 Å². The van der Waals surface area contributed by atoms with Crippen LogP contribution in [-0.2, 0) is 5.54 Å². The number of rotatable bonds is 3. The van der Waals surface area contributed by atoms with E-state index in [0.29, 0.717) is 22.8 Å². The molecule has 0 radical (unpaired) electrons. The van der Waals surface area contributed by atoms with Crippen molar-refractivity contribution in [2.75, 3.05) is 6.79 Å². The Kier molecular flexibility index (Phi) is 3.44. The summed E-state index contributed by atoms with van der Waals surface area (Å²) in [6.45, 7) is 6.24. The smallest absolute Gasteiger partial charge is 0.231 e. The minimum Gasteiger partial charge on any atom is -0.454 e. The van der Waals surface area contributed by atoms with Crippen LogP contribution in [0.25, 0.3) is 6.08 Å². The Morgan fingerprint density at radius 2 is 2.14 bits per heavy atom. The van der Waals surface area contributed by atoms with Gasteiger partial charge in [-0.15, -0.1) is 5.10 Å². The lowest BCUT2D eigenvalue weighted by atomic mass is 10.1. The molecule has 0 saturated carbocycles. The summed E-state index contributed by atoms with van der Waals surface area (Å²) in [5.41, 5.74) is 0.969. The molecule has 2 aromatic rings. The van der Waals surface area contributed by atoms with E-state index in [4.69, 9.17) is 9.47 Å². The second kappa shape index (κ2) is 5.29. The monoisotopic (exact) mass is 299 g/mol. The van der Waals surface area contributed by atoms with E-state index in [-0.39, 0.29) is 18.1 Å². The minimum absolute atomic E-state index is 0.142. The molecule has 1 aromatic heterocycles. The summed E-state index contributed by atoms with van der Waals surface area (Å²) in [7, 11) is 0. The lowest BCUT2D eigenvalue weighted by Gasteiger charge is -2.17. The molecule has 0 fully saturated rings. The van der Waals surface area contributed by atoms with Crippen LogP contribution in [-0.4, -0.2) is 27.6 Å². The van der Waals surface area contributed by atoms with Crippen molar-refractivity contribution in [1.29, 1.82) is 0 Å². The molecule has 6 heteroatoms. The van der Waals surface area contributed by atoms with Gasteiger partial charge < -0.3 is 9.47 Å². The van der Waals surface area contributed by atoms with Gasteiger partial charge in [0.15, 0.2) is 17.3 Å². The van der Waals surface area contributed by atoms with Gasteiger partial charge in [-0.25, -0.2) is 4.68 Å². The molecule has 0 saturated heterocycles. The standard InChI is InChI=1S/C16H17N3O3/c1-16(2,3)19-9-11(17-18-19)7-8-13(20)12-5-4-6-14-15(12)22-10-21-14/h4-9H,10H2,1-3H3. The lowest BCUT2D eigenvalue weighted by Crippen LogP contribution is -2.22. The second-order valence-corrected chi connectivity index (χ2v) is 6.00. The number of fused-ring (bicyclic) bond motifs is 1. The maximum absolute atomic E-state index is 12.3. The molecule has 6 nitrogen and oxygen atoms in total. The van der Waals surface area contributed by atoms with Crippen LogP contribution in [0.5, 0.6) is 11.5 Å². The third-order valence-corrected chi connectivity index (χ3v) is 3.27. The maximum Gasteiger partial charge on any atom is 0.231 e. The van der Waals surface area contributed by atoms with E-state index in [1.165, 1.54) is 6.08 Å². The first kappa shape index (κ1) is 14.3. The number of carbonyl (C=O) groups is 1. The number of hydrogen-bond acceptors (Lipinski definition) is 5. The summed E-state index contributed by atoms with van der Waals surface area (Å²) in [6.07, 6.45) is 4.92. The molecule has 2 heterocycles. The number of para-hydroxylation sites is 1. The Morgan fingerprint density at radius 3 is 2.86 bits per heavy atom. The Labute approximate surface area is 128 Å². The van der Waals surface area contributed by atoms with Gasteiger partial charge >= 0.3 is 0 Å². The molecule has 0 unspecified atom stereocenters. The average molecular weight is 299 g/mol. The Balaban J connectivity index is 1.80. The second-order valence-electron chi connectivity index (χ2n) is 6.00. The van der Waals surface area contributed by atoms with Gasteiger partial charge in [-0.2, -0.15) is 0 Å². The third-order valence-electron chi connectivity index (χ3n) is 3.27. The van der Waals surface area contributed by atoms with Gasteiger partial charge in [-0.05, 0) is 45.1 Å². The van der Waals surface area contributed by atoms with Gasteiger partial charge in [0.05, 0.1) is 17.3 Å². The highest BCUT2D eigenvalue weighted by atomic mass is 16.7. The molecule has 3 rings (SSSR count). The van der Waals surface area contributed by atoms with Crippen molar-refractivity contribution in [2.24, 2.45) is 0 Å². The number of ketones is 1. The summed E-state index contributed by atoms with van der Waals surface area (Å²) in [5.74, 6) is 0.932. The fraction of sp³-hybridized carbons (Fsp3) is 0.312. The Hall–Kier alpha value is -2.63. The Morgan fingerprint density at radius 1 is 1.32 bits per heavy atom. The number of allylic oxidation sites excluding steroid dienone is 1. The molecular weight excluding hydrogens is 282 g/mol. The third kappa shape index (κ3) is 2.72. The molecule has 0 atom stereocenters. The van der Waals surface area contributed by atoms with Crippen LogP contribution in [0.1, 0.15) is 36.8 Å². The van der Waals surface area contributed by atoms with Gasteiger partial charge in [0, 0.05) is 0 Å². The van der Waals surface area contributed by atoms with Crippen LogP contribution in [0.3, 0.4) is 0 Å². The van der Waals surface area contributed by atoms with Crippen molar-refractivity contribution in [3.05, 3.63) is 41.7 Å². The molecular formula is C16H17N3O3. The minimum atomic E-state index is -0.160. The number of carbonyl (C=O) groups excluding carboxylic acids is 1. The molecule has 22 heavy (non-hydrogen) atoms. The van der Waals surface area contributed by atoms with Crippen LogP contribution < -0.4 is 9.47 Å². The van der Waals surface area contributed by atoms with Gasteiger partial charge in [-0.3, -0.25) is 4.79 Å². The summed E-state index contributed by atoms with van der Waals surface area (Å²) in [5, 5.41) is 8.09. The first-order valence-corrected chi connectivity index (χ1v) is 6.99. The van der Waals surface area contributed by atoms with Gasteiger partial charge in [0.1, 0.15) is 5.69 Å². The van der Waals surface area contributed by atoms with Crippen LogP contribution in [0.4, 0.5) is 0 Å². The normalized spacial score (nSPS) is 13.8. The molecule has 1 aliphatic rings. The predicted molar refractivity (Wildman–Crippen MR) is 80.9 cm³/mol. The van der Waals surface area contributed by atoms with Crippen molar-refractivity contribution in [3.8, 4) is 11.5 Å². The topological polar surface area (TPSA) is 66.2 Å². The molecule has 0 amide bonds. The maximum atomic E-state index is 12.3. The van der Waals surface area contributed by atoms with E-state index in [0.717, 1.165) is 0 Å². The highest BCUT2D eigenvalue weighted by Crippen LogP contribution is 2.35. The van der Waals surface area contributed by atoms with E-state index >= 15 is 0 Å². The molecule has 0 aliphatic carbocycles. The van der Waals surface area contributed by atoms with E-state index in [9.17, 15) is 4.79 Å². The highest BCUT2D eigenvalue weighted by Gasteiger charge is 2.20. The Bertz CT molecular complexity index is 741. The first-order valence-electron chi connectivity index (χ1n) is 6.99. The fourth-order valence-corrected chi connectivity index (χ4v) is 2.06. The largest absolute Gasteiger partial charge is 0.454 e. The summed E-state index contributed by atoms with van der Waals surface area (Å²) < 4.78 is 12.4. The van der Waals surface area contributed by atoms with Crippen molar-refractivity contribution >= 4 is 11.9 Å². The molecule has 0 N–H and O–H groups in total. The van der Waals surface area contributed by atoms with Gasteiger partial charge in [0.2, 0.25) is 6.79 Å². The zero-order valence-corrected chi connectivity index (χ0v) is 12.7. The molecule has 0 spiro atoms. The molecule has 114 valence electrons. The molecule has 1 aliphatic heterocycles. The number of benzene rings is 1. The van der Waals surface area contributed by atoms with Gasteiger partial charge in [0.25, 0.3) is 0 Å². The van der Waals surface area contributed by atoms with Crippen molar-refractivity contribution in [2.45, 2.75) is 26.3 Å². The summed E-state index contributed by atoms with van der Waals surface area (Å²) in [4.78, 5) is 12.3. The highest BCUT2D eigenvalue weighted by molar-refractivity contribution is 6.09. The fourth-order valence-electron chi connectivity index (χ4n) is 2.06. The summed E-state index contributed by atoms with van der Waals surface area (Å²) >= 11 is 0. The summed E-state index contributed by atoms with van der Waals surface area (Å²) in [6, 6.07) is 5.26. The van der Waals surface area contributed by atoms with Crippen LogP contribution in [0, 0.1) is 0 Å². The molecule has 0 bridgehead atoms. The predicted octanol–water partition coefficient (Wildman–Crippen LogP) is 2.66. The zero-order valence-electron chi connectivity index (χ0n) is 12.7. The van der Waals surface area contributed by atoms with E-state index < -0.39 is 0 Å². The van der Waals surface area contributed by atoms with E-state index in [2.05, 4.69) is 10.3 Å². The SMILES string of the molecule is CC(C)(C)n1cc(C=CC(=O)c2cccc3c2OCO3)nn1. The number of ether oxygens (including phenoxy) is 2. The average Bonchev–Trinajstić information content (AvgIpc) is 3.12. The number of aromatic nitrogens is 3. The van der Waals surface area contributed by atoms with Crippen molar-refractivity contribution < 1.29 is 14.3 Å². The van der Waals surface area contributed by atoms with Crippen LogP contribution in [0.2, 0.25) is 0 Å². The molecule has 1 aromatic carbocycles. The quantitative estimate of drug-likeness (QED) is 0.644.